The molecule has 5 nitrogen and oxygen atoms in total. The molecule has 2 rings (SSSR count). The van der Waals surface area contributed by atoms with Gasteiger partial charge in [-0.2, -0.15) is 0 Å². The fraction of sp³-hybridized carbons (Fsp3) is 0.700. The Balaban J connectivity index is 1.99. The fourth-order valence-corrected chi connectivity index (χ4v) is 2.62. The predicted octanol–water partition coefficient (Wildman–Crippen LogP) is 1.69. The molecule has 0 bridgehead atoms. The van der Waals surface area contributed by atoms with Crippen LogP contribution in [0.4, 0.5) is 0 Å². The van der Waals surface area contributed by atoms with Crippen molar-refractivity contribution in [1.82, 2.24) is 15.1 Å². The summed E-state index contributed by atoms with van der Waals surface area (Å²) in [5.74, 6) is 0.339. The highest BCUT2D eigenvalue weighted by Crippen LogP contribution is 2.19. The van der Waals surface area contributed by atoms with Crippen LogP contribution >= 0.6 is 22.9 Å². The number of hydrogen-bond acceptors (Lipinski definition) is 5. The van der Waals surface area contributed by atoms with Gasteiger partial charge in [0.2, 0.25) is 9.47 Å². The number of aromatic nitrogens is 2. The zero-order valence-electron chi connectivity index (χ0n) is 9.56. The maximum atomic E-state index is 12.1. The molecule has 0 aromatic carbocycles. The van der Waals surface area contributed by atoms with Gasteiger partial charge in [-0.05, 0) is 24.9 Å². The van der Waals surface area contributed by atoms with Crippen LogP contribution in [0.2, 0.25) is 4.47 Å². The van der Waals surface area contributed by atoms with Gasteiger partial charge in [-0.1, -0.05) is 11.3 Å². The summed E-state index contributed by atoms with van der Waals surface area (Å²) in [6.45, 7) is 4.86. The van der Waals surface area contributed by atoms with Crippen molar-refractivity contribution in [2.75, 3.05) is 26.3 Å². The Bertz CT molecular complexity index is 393. The van der Waals surface area contributed by atoms with E-state index >= 15 is 0 Å². The van der Waals surface area contributed by atoms with Crippen LogP contribution in [0, 0.1) is 5.92 Å². The van der Waals surface area contributed by atoms with Crippen molar-refractivity contribution < 1.29 is 9.53 Å². The SMILES string of the molecule is CCN(CC1CCOC1)C(=O)c1nnc(Cl)s1. The van der Waals surface area contributed by atoms with Gasteiger partial charge >= 0.3 is 0 Å². The van der Waals surface area contributed by atoms with E-state index in [9.17, 15) is 4.79 Å². The quantitative estimate of drug-likeness (QED) is 0.839. The third-order valence-electron chi connectivity index (χ3n) is 2.75. The first-order valence-corrected chi connectivity index (χ1v) is 6.76. The molecule has 1 aromatic heterocycles. The molecule has 1 amide bonds. The number of carbonyl (C=O) groups is 1. The van der Waals surface area contributed by atoms with Gasteiger partial charge in [0.1, 0.15) is 0 Å². The molecular weight excluding hydrogens is 262 g/mol. The lowest BCUT2D eigenvalue weighted by molar-refractivity contribution is 0.0729. The zero-order chi connectivity index (χ0) is 12.3. The molecule has 1 fully saturated rings. The van der Waals surface area contributed by atoms with E-state index in [1.165, 1.54) is 0 Å². The highest BCUT2D eigenvalue weighted by molar-refractivity contribution is 7.17. The van der Waals surface area contributed by atoms with Crippen molar-refractivity contribution in [3.8, 4) is 0 Å². The Kier molecular flexibility index (Phi) is 4.31. The van der Waals surface area contributed by atoms with Crippen LogP contribution in [0.15, 0.2) is 0 Å². The average molecular weight is 276 g/mol. The van der Waals surface area contributed by atoms with E-state index in [1.807, 2.05) is 6.92 Å². The minimum Gasteiger partial charge on any atom is -0.381 e. The Morgan fingerprint density at radius 3 is 3.00 bits per heavy atom. The molecule has 1 saturated heterocycles. The summed E-state index contributed by atoms with van der Waals surface area (Å²) < 4.78 is 5.61. The Labute approximate surface area is 109 Å². The molecular formula is C10H14ClN3O2S. The zero-order valence-corrected chi connectivity index (χ0v) is 11.1. The molecule has 1 aliphatic heterocycles. The number of amides is 1. The van der Waals surface area contributed by atoms with Gasteiger partial charge in [0.05, 0.1) is 6.61 Å². The first-order valence-electron chi connectivity index (χ1n) is 5.56. The topological polar surface area (TPSA) is 55.3 Å². The van der Waals surface area contributed by atoms with Gasteiger partial charge in [-0.15, -0.1) is 10.2 Å². The first kappa shape index (κ1) is 12.7. The van der Waals surface area contributed by atoms with E-state index in [1.54, 1.807) is 4.90 Å². The van der Waals surface area contributed by atoms with Crippen LogP contribution in [0.5, 0.6) is 0 Å². The molecule has 1 aliphatic rings. The number of halogens is 1. The molecule has 1 unspecified atom stereocenters. The summed E-state index contributed by atoms with van der Waals surface area (Å²) in [5, 5.41) is 7.78. The second-order valence-electron chi connectivity index (χ2n) is 3.93. The maximum absolute atomic E-state index is 12.1. The Morgan fingerprint density at radius 2 is 2.47 bits per heavy atom. The lowest BCUT2D eigenvalue weighted by Gasteiger charge is -2.22. The number of carbonyl (C=O) groups excluding carboxylic acids is 1. The van der Waals surface area contributed by atoms with E-state index < -0.39 is 0 Å². The van der Waals surface area contributed by atoms with Gasteiger partial charge in [-0.25, -0.2) is 0 Å². The van der Waals surface area contributed by atoms with Gasteiger partial charge < -0.3 is 9.64 Å². The van der Waals surface area contributed by atoms with Crippen LogP contribution in [0.3, 0.4) is 0 Å². The van der Waals surface area contributed by atoms with Crippen molar-refractivity contribution in [1.29, 1.82) is 0 Å². The summed E-state index contributed by atoms with van der Waals surface area (Å²) in [6.07, 6.45) is 1.01. The normalized spacial score (nSPS) is 19.5. The van der Waals surface area contributed by atoms with Gasteiger partial charge in [0.25, 0.3) is 5.91 Å². The van der Waals surface area contributed by atoms with Crippen molar-refractivity contribution in [2.45, 2.75) is 13.3 Å². The molecule has 2 heterocycles. The second kappa shape index (κ2) is 5.75. The summed E-state index contributed by atoms with van der Waals surface area (Å²) >= 11 is 6.80. The molecule has 0 saturated carbocycles. The largest absolute Gasteiger partial charge is 0.381 e. The van der Waals surface area contributed by atoms with Crippen molar-refractivity contribution in [2.24, 2.45) is 5.92 Å². The summed E-state index contributed by atoms with van der Waals surface area (Å²) in [5.41, 5.74) is 0. The van der Waals surface area contributed by atoms with Gasteiger partial charge in [-0.3, -0.25) is 4.79 Å². The summed E-state index contributed by atoms with van der Waals surface area (Å²) in [4.78, 5) is 13.9. The molecule has 0 spiro atoms. The van der Waals surface area contributed by atoms with Crippen molar-refractivity contribution in [3.05, 3.63) is 9.47 Å². The third kappa shape index (κ3) is 3.14. The number of ether oxygens (including phenoxy) is 1. The molecule has 7 heteroatoms. The average Bonchev–Trinajstić information content (AvgIpc) is 2.96. The smallest absolute Gasteiger partial charge is 0.284 e. The molecule has 94 valence electrons. The minimum absolute atomic E-state index is 0.0937. The molecule has 1 aromatic rings. The molecule has 0 aliphatic carbocycles. The molecule has 0 N–H and O–H groups in total. The maximum Gasteiger partial charge on any atom is 0.284 e. The van der Waals surface area contributed by atoms with Crippen LogP contribution in [-0.4, -0.2) is 47.3 Å². The van der Waals surface area contributed by atoms with Crippen molar-refractivity contribution in [3.63, 3.8) is 0 Å². The van der Waals surface area contributed by atoms with Gasteiger partial charge in [0.15, 0.2) is 0 Å². The van der Waals surface area contributed by atoms with Crippen LogP contribution in [0.1, 0.15) is 23.1 Å². The Hall–Kier alpha value is -0.720. The summed E-state index contributed by atoms with van der Waals surface area (Å²) in [7, 11) is 0. The molecule has 0 radical (unpaired) electrons. The van der Waals surface area contributed by atoms with E-state index in [0.29, 0.717) is 28.5 Å². The standard InChI is InChI=1S/C10H14ClN3O2S/c1-2-14(5-7-3-4-16-6-7)9(15)8-12-13-10(11)17-8/h7H,2-6H2,1H3. The fourth-order valence-electron chi connectivity index (χ4n) is 1.82. The van der Waals surface area contributed by atoms with E-state index in [2.05, 4.69) is 10.2 Å². The lowest BCUT2D eigenvalue weighted by Crippen LogP contribution is -2.35. The van der Waals surface area contributed by atoms with Crippen LogP contribution < -0.4 is 0 Å². The summed E-state index contributed by atoms with van der Waals surface area (Å²) in [6, 6.07) is 0. The van der Waals surface area contributed by atoms with E-state index in [4.69, 9.17) is 16.3 Å². The first-order chi connectivity index (χ1) is 8.20. The number of hydrogen-bond donors (Lipinski definition) is 0. The van der Waals surface area contributed by atoms with Crippen molar-refractivity contribution >= 4 is 28.8 Å². The molecule has 17 heavy (non-hydrogen) atoms. The highest BCUT2D eigenvalue weighted by atomic mass is 35.5. The third-order valence-corrected chi connectivity index (χ3v) is 3.76. The minimum atomic E-state index is -0.0937. The predicted molar refractivity (Wildman–Crippen MR) is 65.4 cm³/mol. The second-order valence-corrected chi connectivity index (χ2v) is 5.49. The van der Waals surface area contributed by atoms with Crippen LogP contribution in [0.25, 0.3) is 0 Å². The lowest BCUT2D eigenvalue weighted by atomic mass is 10.1. The monoisotopic (exact) mass is 275 g/mol. The Morgan fingerprint density at radius 1 is 1.65 bits per heavy atom. The number of rotatable bonds is 4. The van der Waals surface area contributed by atoms with E-state index in [0.717, 1.165) is 31.0 Å². The van der Waals surface area contributed by atoms with Crippen LogP contribution in [-0.2, 0) is 4.74 Å². The number of nitrogens with zero attached hydrogens (tertiary/aromatic N) is 3. The highest BCUT2D eigenvalue weighted by Gasteiger charge is 2.24. The van der Waals surface area contributed by atoms with Gasteiger partial charge in [0, 0.05) is 25.6 Å². The molecule has 1 atom stereocenters. The van der Waals surface area contributed by atoms with E-state index in [-0.39, 0.29) is 5.91 Å².